The van der Waals surface area contributed by atoms with Crippen molar-refractivity contribution < 1.29 is 0 Å². The summed E-state index contributed by atoms with van der Waals surface area (Å²) in [4.78, 5) is 1.51. The van der Waals surface area contributed by atoms with Crippen molar-refractivity contribution in [1.82, 2.24) is 0 Å². The molecule has 66 valence electrons. The van der Waals surface area contributed by atoms with Crippen molar-refractivity contribution in [2.75, 3.05) is 6.54 Å². The van der Waals surface area contributed by atoms with Crippen LogP contribution >= 0.6 is 27.3 Å². The summed E-state index contributed by atoms with van der Waals surface area (Å²) < 4.78 is 1.21. The van der Waals surface area contributed by atoms with Crippen LogP contribution in [0.1, 0.15) is 24.1 Å². The third-order valence-electron chi connectivity index (χ3n) is 2.57. The van der Waals surface area contributed by atoms with Gasteiger partial charge in [-0.2, -0.15) is 0 Å². The summed E-state index contributed by atoms with van der Waals surface area (Å²) >= 11 is 5.34. The van der Waals surface area contributed by atoms with Crippen LogP contribution in [-0.4, -0.2) is 6.54 Å². The summed E-state index contributed by atoms with van der Waals surface area (Å²) in [5, 5.41) is 2.16. The van der Waals surface area contributed by atoms with Crippen LogP contribution in [0.2, 0.25) is 0 Å². The zero-order valence-corrected chi connectivity index (χ0v) is 9.25. The third kappa shape index (κ3) is 1.45. The molecule has 1 saturated carbocycles. The van der Waals surface area contributed by atoms with Crippen molar-refractivity contribution in [2.45, 2.75) is 24.7 Å². The number of hydrogen-bond donors (Lipinski definition) is 1. The maximum absolute atomic E-state index is 5.59. The average molecular weight is 246 g/mol. The fourth-order valence-corrected chi connectivity index (χ4v) is 3.36. The van der Waals surface area contributed by atoms with Crippen molar-refractivity contribution >= 4 is 27.3 Å². The summed E-state index contributed by atoms with van der Waals surface area (Å²) in [6, 6.07) is 2.24. The van der Waals surface area contributed by atoms with Gasteiger partial charge in [0.05, 0.1) is 0 Å². The van der Waals surface area contributed by atoms with Gasteiger partial charge in [-0.15, -0.1) is 11.3 Å². The maximum atomic E-state index is 5.59. The first kappa shape index (κ1) is 8.73. The summed E-state index contributed by atoms with van der Waals surface area (Å²) in [6.45, 7) is 0.815. The highest BCUT2D eigenvalue weighted by atomic mass is 79.9. The minimum absolute atomic E-state index is 0.478. The third-order valence-corrected chi connectivity index (χ3v) is 4.50. The molecule has 1 fully saturated rings. The normalized spacial score (nSPS) is 19.5. The first-order valence-electron chi connectivity index (χ1n) is 4.21. The Labute approximate surface area is 85.1 Å². The molecule has 1 aliphatic rings. The Balaban J connectivity index is 2.18. The molecule has 0 radical (unpaired) electrons. The van der Waals surface area contributed by atoms with Gasteiger partial charge in [-0.05, 0) is 47.8 Å². The number of rotatable bonds is 3. The highest BCUT2D eigenvalue weighted by molar-refractivity contribution is 9.10. The average Bonchev–Trinajstić information content (AvgIpc) is 2.69. The van der Waals surface area contributed by atoms with Crippen LogP contribution in [-0.2, 0) is 5.41 Å². The van der Waals surface area contributed by atoms with E-state index in [0.717, 1.165) is 13.0 Å². The van der Waals surface area contributed by atoms with E-state index in [1.165, 1.54) is 22.2 Å². The molecule has 1 aliphatic carbocycles. The Kier molecular flexibility index (Phi) is 2.27. The van der Waals surface area contributed by atoms with Gasteiger partial charge in [-0.3, -0.25) is 0 Å². The number of hydrogen-bond acceptors (Lipinski definition) is 2. The molecule has 0 aliphatic heterocycles. The van der Waals surface area contributed by atoms with E-state index < -0.39 is 0 Å². The SMILES string of the molecule is NCCC1(c2cc(Br)cs2)CC1. The van der Waals surface area contributed by atoms with Crippen LogP contribution in [0.3, 0.4) is 0 Å². The predicted molar refractivity (Wildman–Crippen MR) is 56.6 cm³/mol. The van der Waals surface area contributed by atoms with Crippen LogP contribution in [0.25, 0.3) is 0 Å². The second-order valence-electron chi connectivity index (χ2n) is 3.45. The van der Waals surface area contributed by atoms with Crippen LogP contribution < -0.4 is 5.73 Å². The van der Waals surface area contributed by atoms with Gasteiger partial charge in [0, 0.05) is 20.1 Å². The van der Waals surface area contributed by atoms with Gasteiger partial charge in [0.25, 0.3) is 0 Å². The lowest BCUT2D eigenvalue weighted by molar-refractivity contribution is 0.640. The zero-order chi connectivity index (χ0) is 8.60. The first-order valence-corrected chi connectivity index (χ1v) is 5.89. The summed E-state index contributed by atoms with van der Waals surface area (Å²) in [5.41, 5.74) is 6.07. The molecule has 0 unspecified atom stereocenters. The predicted octanol–water partition coefficient (Wildman–Crippen LogP) is 2.89. The highest BCUT2D eigenvalue weighted by Crippen LogP contribution is 2.53. The van der Waals surface area contributed by atoms with Crippen molar-refractivity contribution in [1.29, 1.82) is 0 Å². The Bertz CT molecular complexity index is 278. The highest BCUT2D eigenvalue weighted by Gasteiger charge is 2.44. The van der Waals surface area contributed by atoms with Crippen molar-refractivity contribution in [2.24, 2.45) is 5.73 Å². The largest absolute Gasteiger partial charge is 0.330 e. The molecule has 1 nitrogen and oxygen atoms in total. The van der Waals surface area contributed by atoms with E-state index in [1.54, 1.807) is 0 Å². The van der Waals surface area contributed by atoms with Crippen LogP contribution in [0.5, 0.6) is 0 Å². The fourth-order valence-electron chi connectivity index (χ4n) is 1.64. The zero-order valence-electron chi connectivity index (χ0n) is 6.85. The first-order chi connectivity index (χ1) is 5.77. The molecule has 0 atom stereocenters. The molecule has 3 heteroatoms. The van der Waals surface area contributed by atoms with Crippen LogP contribution in [0.15, 0.2) is 15.9 Å². The van der Waals surface area contributed by atoms with Gasteiger partial charge in [0.1, 0.15) is 0 Å². The molecule has 0 spiro atoms. The number of halogens is 1. The van der Waals surface area contributed by atoms with Gasteiger partial charge in [0.15, 0.2) is 0 Å². The smallest absolute Gasteiger partial charge is 0.0285 e. The van der Waals surface area contributed by atoms with E-state index in [9.17, 15) is 0 Å². The van der Waals surface area contributed by atoms with Crippen molar-refractivity contribution in [3.8, 4) is 0 Å². The lowest BCUT2D eigenvalue weighted by Gasteiger charge is -2.10. The molecule has 2 N–H and O–H groups in total. The van der Waals surface area contributed by atoms with E-state index in [0.29, 0.717) is 5.41 Å². The Morgan fingerprint density at radius 2 is 2.33 bits per heavy atom. The van der Waals surface area contributed by atoms with Crippen LogP contribution in [0.4, 0.5) is 0 Å². The van der Waals surface area contributed by atoms with Crippen molar-refractivity contribution in [3.05, 3.63) is 20.8 Å². The molecule has 1 aromatic heterocycles. The second-order valence-corrected chi connectivity index (χ2v) is 5.28. The number of nitrogens with two attached hydrogens (primary N) is 1. The van der Waals surface area contributed by atoms with Gasteiger partial charge in [0.2, 0.25) is 0 Å². The topological polar surface area (TPSA) is 26.0 Å². The molecular formula is C9H12BrNS. The fraction of sp³-hybridized carbons (Fsp3) is 0.556. The Morgan fingerprint density at radius 3 is 2.75 bits per heavy atom. The lowest BCUT2D eigenvalue weighted by Crippen LogP contribution is -2.11. The van der Waals surface area contributed by atoms with Gasteiger partial charge >= 0.3 is 0 Å². The van der Waals surface area contributed by atoms with E-state index in [4.69, 9.17) is 5.73 Å². The lowest BCUT2D eigenvalue weighted by atomic mass is 10.0. The molecule has 12 heavy (non-hydrogen) atoms. The quantitative estimate of drug-likeness (QED) is 0.871. The van der Waals surface area contributed by atoms with E-state index in [2.05, 4.69) is 27.4 Å². The standard InChI is InChI=1S/C9H12BrNS/c10-7-5-8(12-6-7)9(1-2-9)3-4-11/h5-6H,1-4,11H2. The summed E-state index contributed by atoms with van der Waals surface area (Å²) in [5.74, 6) is 0. The van der Waals surface area contributed by atoms with E-state index >= 15 is 0 Å². The molecule has 0 amide bonds. The Morgan fingerprint density at radius 1 is 1.58 bits per heavy atom. The van der Waals surface area contributed by atoms with E-state index in [1.807, 2.05) is 11.3 Å². The molecule has 0 aromatic carbocycles. The van der Waals surface area contributed by atoms with Crippen molar-refractivity contribution in [3.63, 3.8) is 0 Å². The van der Waals surface area contributed by atoms with Crippen LogP contribution in [0, 0.1) is 0 Å². The molecule has 1 heterocycles. The van der Waals surface area contributed by atoms with Gasteiger partial charge in [-0.1, -0.05) is 0 Å². The maximum Gasteiger partial charge on any atom is 0.0285 e. The monoisotopic (exact) mass is 245 g/mol. The summed E-state index contributed by atoms with van der Waals surface area (Å²) in [6.07, 6.45) is 3.81. The molecule has 0 saturated heterocycles. The minimum Gasteiger partial charge on any atom is -0.330 e. The minimum atomic E-state index is 0.478. The molecule has 0 bridgehead atoms. The second kappa shape index (κ2) is 3.13. The molecule has 1 aromatic rings. The Hall–Kier alpha value is 0.140. The summed E-state index contributed by atoms with van der Waals surface area (Å²) in [7, 11) is 0. The number of thiophene rings is 1. The molecular weight excluding hydrogens is 234 g/mol. The molecule has 2 rings (SSSR count). The van der Waals surface area contributed by atoms with Gasteiger partial charge < -0.3 is 5.73 Å². The van der Waals surface area contributed by atoms with Gasteiger partial charge in [-0.25, -0.2) is 0 Å². The van der Waals surface area contributed by atoms with E-state index in [-0.39, 0.29) is 0 Å².